The third-order valence-electron chi connectivity index (χ3n) is 3.46. The van der Waals surface area contributed by atoms with Crippen LogP contribution in [0.1, 0.15) is 36.4 Å². The Kier molecular flexibility index (Phi) is 3.59. The van der Waals surface area contributed by atoms with E-state index in [4.69, 9.17) is 5.84 Å². The van der Waals surface area contributed by atoms with Crippen molar-refractivity contribution < 1.29 is 17.6 Å². The van der Waals surface area contributed by atoms with Gasteiger partial charge in [0, 0.05) is 6.04 Å². The lowest BCUT2D eigenvalue weighted by molar-refractivity contribution is -0.140. The van der Waals surface area contributed by atoms with Gasteiger partial charge in [-0.25, -0.2) is 4.39 Å². The molecule has 18 heavy (non-hydrogen) atoms. The topological polar surface area (TPSA) is 38.0 Å². The molecule has 0 amide bonds. The standard InChI is InChI=1S/C12H14F4N2/c13-10-6-8(4-5-9(10)12(14,15)16)11(18-17)7-2-1-3-7/h4-7,11,18H,1-3,17H2. The van der Waals surface area contributed by atoms with E-state index in [2.05, 4.69) is 5.43 Å². The second-order valence-electron chi connectivity index (χ2n) is 4.57. The minimum absolute atomic E-state index is 0.270. The first kappa shape index (κ1) is 13.3. The summed E-state index contributed by atoms with van der Waals surface area (Å²) < 4.78 is 50.7. The molecule has 2 rings (SSSR count). The van der Waals surface area contributed by atoms with E-state index in [1.165, 1.54) is 6.07 Å². The lowest BCUT2D eigenvalue weighted by Gasteiger charge is -2.33. The minimum atomic E-state index is -4.66. The number of hydrazine groups is 1. The molecule has 1 aliphatic rings. The van der Waals surface area contributed by atoms with E-state index in [-0.39, 0.29) is 12.0 Å². The maximum absolute atomic E-state index is 13.4. The first-order valence-corrected chi connectivity index (χ1v) is 5.76. The van der Waals surface area contributed by atoms with Gasteiger partial charge in [0.2, 0.25) is 0 Å². The molecular weight excluding hydrogens is 248 g/mol. The molecule has 0 saturated heterocycles. The largest absolute Gasteiger partial charge is 0.419 e. The average Bonchev–Trinajstić information content (AvgIpc) is 2.20. The van der Waals surface area contributed by atoms with Gasteiger partial charge in [0.1, 0.15) is 5.82 Å². The third kappa shape index (κ3) is 2.49. The molecule has 6 heteroatoms. The maximum Gasteiger partial charge on any atom is 0.419 e. The van der Waals surface area contributed by atoms with E-state index in [0.717, 1.165) is 31.4 Å². The Bertz CT molecular complexity index is 427. The highest BCUT2D eigenvalue weighted by atomic mass is 19.4. The first-order chi connectivity index (χ1) is 8.43. The zero-order valence-electron chi connectivity index (χ0n) is 9.60. The number of halogens is 4. The van der Waals surface area contributed by atoms with Gasteiger partial charge in [0.25, 0.3) is 0 Å². The second-order valence-corrected chi connectivity index (χ2v) is 4.57. The smallest absolute Gasteiger partial charge is 0.271 e. The molecular formula is C12H14F4N2. The predicted molar refractivity (Wildman–Crippen MR) is 58.8 cm³/mol. The van der Waals surface area contributed by atoms with Gasteiger partial charge < -0.3 is 0 Å². The van der Waals surface area contributed by atoms with Crippen LogP contribution in [0.5, 0.6) is 0 Å². The lowest BCUT2D eigenvalue weighted by atomic mass is 9.77. The molecule has 100 valence electrons. The SMILES string of the molecule is NNC(c1ccc(C(F)(F)F)c(F)c1)C1CCC1. The fourth-order valence-corrected chi connectivity index (χ4v) is 2.23. The zero-order valence-corrected chi connectivity index (χ0v) is 9.60. The van der Waals surface area contributed by atoms with E-state index in [1.54, 1.807) is 0 Å². The number of alkyl halides is 3. The van der Waals surface area contributed by atoms with Gasteiger partial charge in [0.05, 0.1) is 5.56 Å². The van der Waals surface area contributed by atoms with Crippen molar-refractivity contribution in [1.29, 1.82) is 0 Å². The van der Waals surface area contributed by atoms with Crippen molar-refractivity contribution in [2.45, 2.75) is 31.5 Å². The van der Waals surface area contributed by atoms with Crippen LogP contribution in [0.3, 0.4) is 0 Å². The van der Waals surface area contributed by atoms with Gasteiger partial charge >= 0.3 is 6.18 Å². The Morgan fingerprint density at radius 3 is 2.33 bits per heavy atom. The van der Waals surface area contributed by atoms with E-state index in [9.17, 15) is 17.6 Å². The maximum atomic E-state index is 13.4. The Labute approximate surface area is 102 Å². The number of nitrogens with two attached hydrogens (primary N) is 1. The summed E-state index contributed by atoms with van der Waals surface area (Å²) in [5.74, 6) is 4.41. The molecule has 1 unspecified atom stereocenters. The predicted octanol–water partition coefficient (Wildman–Crippen LogP) is 3.15. The van der Waals surface area contributed by atoms with Crippen molar-refractivity contribution in [3.05, 3.63) is 35.1 Å². The highest BCUT2D eigenvalue weighted by Gasteiger charge is 2.35. The van der Waals surface area contributed by atoms with Crippen molar-refractivity contribution in [2.75, 3.05) is 0 Å². The molecule has 1 aromatic rings. The summed E-state index contributed by atoms with van der Waals surface area (Å²) in [5.41, 5.74) is 1.78. The molecule has 1 fully saturated rings. The highest BCUT2D eigenvalue weighted by Crippen LogP contribution is 2.39. The summed E-state index contributed by atoms with van der Waals surface area (Å²) in [5, 5.41) is 0. The van der Waals surface area contributed by atoms with Crippen LogP contribution in [0.25, 0.3) is 0 Å². The summed E-state index contributed by atoms with van der Waals surface area (Å²) in [6.07, 6.45) is -1.67. The van der Waals surface area contributed by atoms with Crippen LogP contribution >= 0.6 is 0 Å². The minimum Gasteiger partial charge on any atom is -0.271 e. The average molecular weight is 262 g/mol. The van der Waals surface area contributed by atoms with Crippen LogP contribution in [0, 0.1) is 11.7 Å². The van der Waals surface area contributed by atoms with Crippen LogP contribution in [-0.4, -0.2) is 0 Å². The normalized spacial score (nSPS) is 18.5. The van der Waals surface area contributed by atoms with Crippen molar-refractivity contribution in [3.63, 3.8) is 0 Å². The zero-order chi connectivity index (χ0) is 13.3. The lowest BCUT2D eigenvalue weighted by Crippen LogP contribution is -2.36. The number of hydrogen-bond acceptors (Lipinski definition) is 2. The van der Waals surface area contributed by atoms with Crippen molar-refractivity contribution in [3.8, 4) is 0 Å². The summed E-state index contributed by atoms with van der Waals surface area (Å²) >= 11 is 0. The quantitative estimate of drug-likeness (QED) is 0.499. The summed E-state index contributed by atoms with van der Waals surface area (Å²) in [7, 11) is 0. The first-order valence-electron chi connectivity index (χ1n) is 5.76. The van der Waals surface area contributed by atoms with Crippen LogP contribution in [0.4, 0.5) is 17.6 Å². The molecule has 0 spiro atoms. The van der Waals surface area contributed by atoms with Gasteiger partial charge in [-0.1, -0.05) is 12.5 Å². The van der Waals surface area contributed by atoms with E-state index in [1.807, 2.05) is 0 Å². The summed E-state index contributed by atoms with van der Waals surface area (Å²) in [6, 6.07) is 2.70. The molecule has 0 bridgehead atoms. The Morgan fingerprint density at radius 2 is 1.94 bits per heavy atom. The fourth-order valence-electron chi connectivity index (χ4n) is 2.23. The van der Waals surface area contributed by atoms with Crippen molar-refractivity contribution >= 4 is 0 Å². The van der Waals surface area contributed by atoms with Gasteiger partial charge in [-0.05, 0) is 36.5 Å². The Morgan fingerprint density at radius 1 is 1.28 bits per heavy atom. The van der Waals surface area contributed by atoms with E-state index >= 15 is 0 Å². The molecule has 1 aliphatic carbocycles. The molecule has 1 atom stereocenters. The Hall–Kier alpha value is -1.14. The fraction of sp³-hybridized carbons (Fsp3) is 0.500. The van der Waals surface area contributed by atoms with Gasteiger partial charge in [-0.15, -0.1) is 0 Å². The second kappa shape index (κ2) is 4.85. The number of nitrogens with one attached hydrogen (secondary N) is 1. The van der Waals surface area contributed by atoms with Crippen LogP contribution in [0.2, 0.25) is 0 Å². The number of hydrogen-bond donors (Lipinski definition) is 2. The molecule has 0 heterocycles. The molecule has 3 N–H and O–H groups in total. The highest BCUT2D eigenvalue weighted by molar-refractivity contribution is 5.29. The molecule has 1 saturated carbocycles. The summed E-state index contributed by atoms with van der Waals surface area (Å²) in [6.45, 7) is 0. The monoisotopic (exact) mass is 262 g/mol. The summed E-state index contributed by atoms with van der Waals surface area (Å²) in [4.78, 5) is 0. The van der Waals surface area contributed by atoms with E-state index in [0.29, 0.717) is 5.56 Å². The molecule has 1 aromatic carbocycles. The molecule has 0 aromatic heterocycles. The number of benzene rings is 1. The van der Waals surface area contributed by atoms with Crippen LogP contribution in [0.15, 0.2) is 18.2 Å². The van der Waals surface area contributed by atoms with Crippen molar-refractivity contribution in [2.24, 2.45) is 11.8 Å². The van der Waals surface area contributed by atoms with Gasteiger partial charge in [-0.2, -0.15) is 13.2 Å². The van der Waals surface area contributed by atoms with Gasteiger partial charge in [-0.3, -0.25) is 11.3 Å². The van der Waals surface area contributed by atoms with Crippen LogP contribution in [-0.2, 0) is 6.18 Å². The molecule has 0 aliphatic heterocycles. The third-order valence-corrected chi connectivity index (χ3v) is 3.46. The van der Waals surface area contributed by atoms with E-state index < -0.39 is 17.6 Å². The molecule has 2 nitrogen and oxygen atoms in total. The van der Waals surface area contributed by atoms with Gasteiger partial charge in [0.15, 0.2) is 0 Å². The van der Waals surface area contributed by atoms with Crippen molar-refractivity contribution in [1.82, 2.24) is 5.43 Å². The Balaban J connectivity index is 2.27. The number of rotatable bonds is 3. The van der Waals surface area contributed by atoms with Crippen LogP contribution < -0.4 is 11.3 Å². The molecule has 0 radical (unpaired) electrons.